The predicted octanol–water partition coefficient (Wildman–Crippen LogP) is 0.735. The number of hydrogen-bond acceptors (Lipinski definition) is 5. The van der Waals surface area contributed by atoms with Gasteiger partial charge in [-0.25, -0.2) is 13.4 Å². The fourth-order valence-electron chi connectivity index (χ4n) is 2.72. The van der Waals surface area contributed by atoms with Crippen molar-refractivity contribution in [2.75, 3.05) is 19.4 Å². The molecule has 2 aromatic rings. The molecule has 0 saturated carbocycles. The summed E-state index contributed by atoms with van der Waals surface area (Å²) in [5.41, 5.74) is 1.18. The number of benzene rings is 1. The van der Waals surface area contributed by atoms with Crippen LogP contribution in [-0.4, -0.2) is 49.4 Å². The van der Waals surface area contributed by atoms with Gasteiger partial charge in [-0.3, -0.25) is 4.79 Å². The molecule has 1 unspecified atom stereocenters. The first-order chi connectivity index (χ1) is 10.9. The summed E-state index contributed by atoms with van der Waals surface area (Å²) in [7, 11) is -3.52. The molecule has 8 heteroatoms. The fraction of sp³-hybridized carbons (Fsp3) is 0.467. The molecule has 0 aliphatic carbocycles. The van der Waals surface area contributed by atoms with Gasteiger partial charge >= 0.3 is 0 Å². The molecule has 1 fully saturated rings. The summed E-state index contributed by atoms with van der Waals surface area (Å²) in [5, 5.41) is 2.71. The lowest BCUT2D eigenvalue weighted by atomic mass is 10.2. The summed E-state index contributed by atoms with van der Waals surface area (Å²) in [4.78, 5) is 16.3. The van der Waals surface area contributed by atoms with Gasteiger partial charge in [0.2, 0.25) is 20.9 Å². The molecule has 0 bridgehead atoms. The van der Waals surface area contributed by atoms with Crippen molar-refractivity contribution in [2.45, 2.75) is 30.6 Å². The first kappa shape index (κ1) is 15.9. The van der Waals surface area contributed by atoms with Crippen molar-refractivity contribution in [3.05, 3.63) is 24.3 Å². The third-order valence-electron chi connectivity index (χ3n) is 3.80. The number of para-hydroxylation sites is 2. The molecule has 1 amide bonds. The van der Waals surface area contributed by atoms with Gasteiger partial charge in [-0.2, -0.15) is 0 Å². The van der Waals surface area contributed by atoms with E-state index in [1.165, 1.54) is 4.57 Å². The van der Waals surface area contributed by atoms with Crippen LogP contribution in [0.2, 0.25) is 0 Å². The molecule has 0 spiro atoms. The van der Waals surface area contributed by atoms with E-state index in [4.69, 9.17) is 4.74 Å². The Kier molecular flexibility index (Phi) is 4.36. The van der Waals surface area contributed by atoms with E-state index in [1.807, 2.05) is 0 Å². The second kappa shape index (κ2) is 6.29. The van der Waals surface area contributed by atoms with Gasteiger partial charge in [-0.15, -0.1) is 0 Å². The van der Waals surface area contributed by atoms with Crippen molar-refractivity contribution < 1.29 is 17.9 Å². The first-order valence-electron chi connectivity index (χ1n) is 7.49. The lowest BCUT2D eigenvalue weighted by Gasteiger charge is -2.12. The van der Waals surface area contributed by atoms with Crippen molar-refractivity contribution in [3.63, 3.8) is 0 Å². The van der Waals surface area contributed by atoms with E-state index in [0.717, 1.165) is 25.7 Å². The zero-order valence-electron chi connectivity index (χ0n) is 12.9. The van der Waals surface area contributed by atoms with E-state index in [-0.39, 0.29) is 23.7 Å². The van der Waals surface area contributed by atoms with E-state index in [0.29, 0.717) is 17.6 Å². The lowest BCUT2D eigenvalue weighted by molar-refractivity contribution is -0.122. The molecule has 7 nitrogen and oxygen atoms in total. The van der Waals surface area contributed by atoms with Crippen LogP contribution in [0, 0.1) is 0 Å². The van der Waals surface area contributed by atoms with Crippen molar-refractivity contribution >= 4 is 26.8 Å². The largest absolute Gasteiger partial charge is 0.376 e. The third kappa shape index (κ3) is 3.53. The van der Waals surface area contributed by atoms with Crippen LogP contribution in [0.5, 0.6) is 0 Å². The third-order valence-corrected chi connectivity index (χ3v) is 4.78. The summed E-state index contributed by atoms with van der Waals surface area (Å²) in [5.74, 6) is -0.256. The number of imidazole rings is 1. The molecule has 124 valence electrons. The van der Waals surface area contributed by atoms with Gasteiger partial charge in [-0.05, 0) is 25.0 Å². The number of aromatic nitrogens is 2. The highest BCUT2D eigenvalue weighted by Crippen LogP contribution is 2.19. The van der Waals surface area contributed by atoms with Crippen LogP contribution in [-0.2, 0) is 25.9 Å². The van der Waals surface area contributed by atoms with Gasteiger partial charge in [-0.1, -0.05) is 12.1 Å². The quantitative estimate of drug-likeness (QED) is 0.869. The van der Waals surface area contributed by atoms with Gasteiger partial charge < -0.3 is 14.6 Å². The smallest absolute Gasteiger partial charge is 0.240 e. The van der Waals surface area contributed by atoms with Crippen LogP contribution in [0.1, 0.15) is 12.8 Å². The Morgan fingerprint density at radius 3 is 2.91 bits per heavy atom. The Morgan fingerprint density at radius 1 is 1.43 bits per heavy atom. The Bertz CT molecular complexity index is 822. The van der Waals surface area contributed by atoms with Crippen LogP contribution < -0.4 is 5.32 Å². The maximum Gasteiger partial charge on any atom is 0.240 e. The number of ether oxygens (including phenoxy) is 1. The van der Waals surface area contributed by atoms with Crippen molar-refractivity contribution in [1.82, 2.24) is 14.9 Å². The first-order valence-corrected chi connectivity index (χ1v) is 9.38. The number of carbonyl (C=O) groups excluding carboxylic acids is 1. The standard InChI is InChI=1S/C15H19N3O4S/c1-23(20,21)15-17-12-6-2-3-7-13(12)18(15)10-14(19)16-9-11-5-4-8-22-11/h2-3,6-7,11H,4-5,8-10H2,1H3,(H,16,19). The zero-order valence-corrected chi connectivity index (χ0v) is 13.7. The molecule has 23 heavy (non-hydrogen) atoms. The van der Waals surface area contributed by atoms with Crippen LogP contribution >= 0.6 is 0 Å². The molecule has 1 saturated heterocycles. The molecule has 1 aromatic heterocycles. The minimum absolute atomic E-state index is 0.0489. The Morgan fingerprint density at radius 2 is 2.22 bits per heavy atom. The van der Waals surface area contributed by atoms with Gasteiger partial charge in [0.05, 0.1) is 17.1 Å². The minimum Gasteiger partial charge on any atom is -0.376 e. The van der Waals surface area contributed by atoms with Crippen LogP contribution in [0.4, 0.5) is 0 Å². The molecule has 1 aliphatic rings. The monoisotopic (exact) mass is 337 g/mol. The van der Waals surface area contributed by atoms with Crippen molar-refractivity contribution in [2.24, 2.45) is 0 Å². The maximum absolute atomic E-state index is 12.2. The second-order valence-electron chi connectivity index (χ2n) is 5.68. The topological polar surface area (TPSA) is 90.3 Å². The normalized spacial score (nSPS) is 18.4. The summed E-state index contributed by atoms with van der Waals surface area (Å²) in [6.45, 7) is 1.08. The average Bonchev–Trinajstić information content (AvgIpc) is 3.13. The highest BCUT2D eigenvalue weighted by atomic mass is 32.2. The van der Waals surface area contributed by atoms with E-state index < -0.39 is 9.84 Å². The molecule has 1 aromatic carbocycles. The average molecular weight is 337 g/mol. The summed E-state index contributed by atoms with van der Waals surface area (Å²) in [6.07, 6.45) is 3.08. The minimum atomic E-state index is -3.52. The van der Waals surface area contributed by atoms with Crippen molar-refractivity contribution in [3.8, 4) is 0 Å². The second-order valence-corrected chi connectivity index (χ2v) is 7.59. The Balaban J connectivity index is 1.82. The molecular weight excluding hydrogens is 318 g/mol. The van der Waals surface area contributed by atoms with E-state index in [9.17, 15) is 13.2 Å². The molecule has 3 rings (SSSR count). The molecule has 2 heterocycles. The van der Waals surface area contributed by atoms with Crippen LogP contribution in [0.3, 0.4) is 0 Å². The molecule has 0 radical (unpaired) electrons. The number of hydrogen-bond donors (Lipinski definition) is 1. The van der Waals surface area contributed by atoms with E-state index in [2.05, 4.69) is 10.3 Å². The van der Waals surface area contributed by atoms with Crippen molar-refractivity contribution in [1.29, 1.82) is 0 Å². The summed E-state index contributed by atoms with van der Waals surface area (Å²) in [6, 6.07) is 7.05. The van der Waals surface area contributed by atoms with Crippen LogP contribution in [0.25, 0.3) is 11.0 Å². The number of nitrogens with zero attached hydrogens (tertiary/aromatic N) is 2. The highest BCUT2D eigenvalue weighted by Gasteiger charge is 2.22. The number of sulfone groups is 1. The number of rotatable bonds is 5. The van der Waals surface area contributed by atoms with Gasteiger partial charge in [0.1, 0.15) is 6.54 Å². The number of amides is 1. The molecule has 1 aliphatic heterocycles. The van der Waals surface area contributed by atoms with Gasteiger partial charge in [0.15, 0.2) is 0 Å². The summed E-state index contributed by atoms with van der Waals surface area (Å²) >= 11 is 0. The SMILES string of the molecule is CS(=O)(=O)c1nc2ccccc2n1CC(=O)NCC1CCCO1. The zero-order chi connectivity index (χ0) is 16.4. The number of nitrogens with one attached hydrogen (secondary N) is 1. The molecular formula is C15H19N3O4S. The Hall–Kier alpha value is -1.93. The van der Waals surface area contributed by atoms with E-state index >= 15 is 0 Å². The maximum atomic E-state index is 12.2. The molecule has 1 N–H and O–H groups in total. The van der Waals surface area contributed by atoms with Crippen LogP contribution in [0.15, 0.2) is 29.4 Å². The van der Waals surface area contributed by atoms with Gasteiger partial charge in [0.25, 0.3) is 0 Å². The number of carbonyl (C=O) groups is 1. The van der Waals surface area contributed by atoms with E-state index in [1.54, 1.807) is 24.3 Å². The number of fused-ring (bicyclic) bond motifs is 1. The predicted molar refractivity (Wildman–Crippen MR) is 84.8 cm³/mol. The fourth-order valence-corrected chi connectivity index (χ4v) is 3.55. The Labute approximate surface area is 134 Å². The van der Waals surface area contributed by atoms with Gasteiger partial charge in [0, 0.05) is 19.4 Å². The lowest BCUT2D eigenvalue weighted by Crippen LogP contribution is -2.34. The summed E-state index contributed by atoms with van der Waals surface area (Å²) < 4.78 is 30.8. The highest BCUT2D eigenvalue weighted by molar-refractivity contribution is 7.90. The molecule has 1 atom stereocenters.